The fourth-order valence-electron chi connectivity index (χ4n) is 3.72. The van der Waals surface area contributed by atoms with Crippen molar-refractivity contribution < 1.29 is 9.59 Å². The van der Waals surface area contributed by atoms with E-state index in [9.17, 15) is 9.59 Å². The number of hydrogen-bond acceptors (Lipinski definition) is 5. The summed E-state index contributed by atoms with van der Waals surface area (Å²) in [6.45, 7) is 6.77. The van der Waals surface area contributed by atoms with Gasteiger partial charge in [-0.05, 0) is 50.6 Å². The van der Waals surface area contributed by atoms with Crippen LogP contribution < -0.4 is 10.6 Å². The molecule has 0 saturated heterocycles. The first-order valence-corrected chi connectivity index (χ1v) is 10.5. The first kappa shape index (κ1) is 22.4. The Bertz CT molecular complexity index is 1010. The smallest absolute Gasteiger partial charge is 0.242 e. The zero-order valence-electron chi connectivity index (χ0n) is 18.5. The molecule has 0 aliphatic heterocycles. The van der Waals surface area contributed by atoms with Crippen LogP contribution in [-0.4, -0.2) is 52.4 Å². The Morgan fingerprint density at radius 1 is 1.26 bits per heavy atom. The highest BCUT2D eigenvalue weighted by molar-refractivity contribution is 5.92. The van der Waals surface area contributed by atoms with Crippen molar-refractivity contribution in [3.8, 4) is 11.8 Å². The topological polar surface area (TPSA) is 87.2 Å². The number of pyridine rings is 2. The predicted molar refractivity (Wildman–Crippen MR) is 120 cm³/mol. The number of likely N-dealkylation sites (N-methyl/N-ethyl adjacent to an activating group) is 2. The van der Waals surface area contributed by atoms with Gasteiger partial charge in [0.25, 0.3) is 0 Å². The molecule has 0 bridgehead atoms. The summed E-state index contributed by atoms with van der Waals surface area (Å²) < 4.78 is 0. The third kappa shape index (κ3) is 5.68. The fraction of sp³-hybridized carbons (Fsp3) is 0.417. The summed E-state index contributed by atoms with van der Waals surface area (Å²) in [5.74, 6) is 6.49. The maximum absolute atomic E-state index is 12.6. The van der Waals surface area contributed by atoms with Crippen molar-refractivity contribution in [1.29, 1.82) is 0 Å². The van der Waals surface area contributed by atoms with E-state index < -0.39 is 5.54 Å². The number of carbonyl (C=O) groups excluding carboxylic acids is 2. The maximum atomic E-state index is 12.6. The van der Waals surface area contributed by atoms with Crippen LogP contribution in [0.25, 0.3) is 0 Å². The standard InChI is InChI=1S/C24H29N5O2/c1-5-27-24(2,3)23(31)29(4)12-8-9-17-13-18-14-19(15-20(18)26-16-17)22(30)28-21-10-6-7-11-25-21/h6-7,10-11,13,16,19,27H,5,12,14-15H2,1-4H3,(H,25,28,30). The minimum Gasteiger partial charge on any atom is -0.333 e. The molecule has 0 fully saturated rings. The van der Waals surface area contributed by atoms with Crippen LogP contribution in [0.3, 0.4) is 0 Å². The lowest BCUT2D eigenvalue weighted by Gasteiger charge is -2.28. The van der Waals surface area contributed by atoms with Crippen LogP contribution in [0, 0.1) is 17.8 Å². The minimum absolute atomic E-state index is 0.00233. The normalized spacial score (nSPS) is 14.9. The van der Waals surface area contributed by atoms with Gasteiger partial charge in [0, 0.05) is 43.0 Å². The number of fused-ring (bicyclic) bond motifs is 1. The second kappa shape index (κ2) is 9.71. The molecule has 0 saturated carbocycles. The lowest BCUT2D eigenvalue weighted by molar-refractivity contribution is -0.135. The summed E-state index contributed by atoms with van der Waals surface area (Å²) in [6, 6.07) is 7.41. The summed E-state index contributed by atoms with van der Waals surface area (Å²) >= 11 is 0. The van der Waals surface area contributed by atoms with Crippen LogP contribution in [0.1, 0.15) is 37.6 Å². The molecule has 2 amide bonds. The SMILES string of the molecule is CCNC(C)(C)C(=O)N(C)CC#Cc1cnc2c(c1)CC(C(=O)Nc1ccccn1)C2. The Kier molecular flexibility index (Phi) is 7.03. The number of aromatic nitrogens is 2. The van der Waals surface area contributed by atoms with Gasteiger partial charge in [-0.2, -0.15) is 0 Å². The van der Waals surface area contributed by atoms with Crippen molar-refractivity contribution in [1.82, 2.24) is 20.2 Å². The van der Waals surface area contributed by atoms with Crippen molar-refractivity contribution >= 4 is 17.6 Å². The molecule has 3 rings (SSSR count). The summed E-state index contributed by atoms with van der Waals surface area (Å²) in [7, 11) is 1.75. The van der Waals surface area contributed by atoms with E-state index in [2.05, 4.69) is 32.4 Å². The first-order valence-electron chi connectivity index (χ1n) is 10.5. The van der Waals surface area contributed by atoms with E-state index in [4.69, 9.17) is 0 Å². The molecular formula is C24H29N5O2. The van der Waals surface area contributed by atoms with E-state index in [1.54, 1.807) is 30.4 Å². The van der Waals surface area contributed by atoms with Gasteiger partial charge in [0.1, 0.15) is 5.82 Å². The van der Waals surface area contributed by atoms with Gasteiger partial charge in [-0.1, -0.05) is 24.8 Å². The summed E-state index contributed by atoms with van der Waals surface area (Å²) in [4.78, 5) is 35.3. The van der Waals surface area contributed by atoms with E-state index >= 15 is 0 Å². The van der Waals surface area contributed by atoms with Crippen LogP contribution in [0.4, 0.5) is 5.82 Å². The molecule has 1 aliphatic carbocycles. The van der Waals surface area contributed by atoms with Gasteiger partial charge in [-0.3, -0.25) is 14.6 Å². The molecule has 7 heteroatoms. The molecule has 2 aromatic heterocycles. The number of nitrogens with zero attached hydrogens (tertiary/aromatic N) is 3. The highest BCUT2D eigenvalue weighted by atomic mass is 16.2. The van der Waals surface area contributed by atoms with Crippen LogP contribution in [0.15, 0.2) is 36.7 Å². The monoisotopic (exact) mass is 419 g/mol. The maximum Gasteiger partial charge on any atom is 0.242 e. The second-order valence-electron chi connectivity index (χ2n) is 8.26. The summed E-state index contributed by atoms with van der Waals surface area (Å²) in [5.41, 5.74) is 2.15. The van der Waals surface area contributed by atoms with Gasteiger partial charge in [0.2, 0.25) is 11.8 Å². The van der Waals surface area contributed by atoms with Gasteiger partial charge in [0.05, 0.1) is 12.1 Å². The van der Waals surface area contributed by atoms with Gasteiger partial charge in [-0.15, -0.1) is 0 Å². The number of hydrogen-bond donors (Lipinski definition) is 2. The van der Waals surface area contributed by atoms with Gasteiger partial charge in [0.15, 0.2) is 0 Å². The first-order chi connectivity index (χ1) is 14.8. The van der Waals surface area contributed by atoms with E-state index in [1.807, 2.05) is 39.0 Å². The Morgan fingerprint density at radius 2 is 2.06 bits per heavy atom. The predicted octanol–water partition coefficient (Wildman–Crippen LogP) is 2.03. The average molecular weight is 420 g/mol. The zero-order valence-corrected chi connectivity index (χ0v) is 18.5. The van der Waals surface area contributed by atoms with Crippen LogP contribution in [0.5, 0.6) is 0 Å². The van der Waals surface area contributed by atoms with Gasteiger partial charge < -0.3 is 15.5 Å². The van der Waals surface area contributed by atoms with Crippen LogP contribution >= 0.6 is 0 Å². The third-order valence-electron chi connectivity index (χ3n) is 5.30. The van der Waals surface area contributed by atoms with Gasteiger partial charge >= 0.3 is 0 Å². The lowest BCUT2D eigenvalue weighted by Crippen LogP contribution is -2.53. The number of rotatable bonds is 6. The second-order valence-corrected chi connectivity index (χ2v) is 8.26. The highest BCUT2D eigenvalue weighted by Gasteiger charge is 2.29. The van der Waals surface area contributed by atoms with Crippen molar-refractivity contribution in [3.05, 3.63) is 53.5 Å². The fourth-order valence-corrected chi connectivity index (χ4v) is 3.72. The number of anilines is 1. The number of nitrogens with one attached hydrogen (secondary N) is 2. The molecule has 1 aliphatic rings. The Hall–Kier alpha value is -3.24. The van der Waals surface area contributed by atoms with Crippen LogP contribution in [0.2, 0.25) is 0 Å². The summed E-state index contributed by atoms with van der Waals surface area (Å²) in [5, 5.41) is 6.04. The lowest BCUT2D eigenvalue weighted by atomic mass is 10.0. The van der Waals surface area contributed by atoms with Crippen molar-refractivity contribution in [2.45, 2.75) is 39.2 Å². The molecule has 2 N–H and O–H groups in total. The van der Waals surface area contributed by atoms with Crippen molar-refractivity contribution in [2.24, 2.45) is 5.92 Å². The third-order valence-corrected chi connectivity index (χ3v) is 5.30. The van der Waals surface area contributed by atoms with E-state index in [0.717, 1.165) is 23.4 Å². The summed E-state index contributed by atoms with van der Waals surface area (Å²) in [6.07, 6.45) is 4.62. The van der Waals surface area contributed by atoms with Crippen LogP contribution in [-0.2, 0) is 22.4 Å². The van der Waals surface area contributed by atoms with E-state index in [-0.39, 0.29) is 17.7 Å². The molecule has 162 valence electrons. The zero-order chi connectivity index (χ0) is 22.4. The van der Waals surface area contributed by atoms with E-state index in [1.165, 1.54) is 0 Å². The molecule has 0 spiro atoms. The minimum atomic E-state index is -0.620. The Balaban J connectivity index is 1.59. The molecule has 0 aromatic carbocycles. The average Bonchev–Trinajstić information content (AvgIpc) is 3.17. The largest absolute Gasteiger partial charge is 0.333 e. The molecule has 2 heterocycles. The van der Waals surface area contributed by atoms with Crippen molar-refractivity contribution in [2.75, 3.05) is 25.5 Å². The molecule has 31 heavy (non-hydrogen) atoms. The quantitative estimate of drug-likeness (QED) is 0.700. The molecule has 2 aromatic rings. The number of amides is 2. The molecule has 0 radical (unpaired) electrons. The van der Waals surface area contributed by atoms with Crippen molar-refractivity contribution in [3.63, 3.8) is 0 Å². The highest BCUT2D eigenvalue weighted by Crippen LogP contribution is 2.26. The number of carbonyl (C=O) groups is 2. The molecular weight excluding hydrogens is 390 g/mol. The molecule has 1 atom stereocenters. The molecule has 7 nitrogen and oxygen atoms in total. The van der Waals surface area contributed by atoms with Gasteiger partial charge in [-0.25, -0.2) is 4.98 Å². The Morgan fingerprint density at radius 3 is 2.77 bits per heavy atom. The van der Waals surface area contributed by atoms with E-state index in [0.29, 0.717) is 25.2 Å². The molecule has 1 unspecified atom stereocenters. The Labute approximate surface area is 183 Å².